The van der Waals surface area contributed by atoms with Crippen molar-refractivity contribution in [1.29, 1.82) is 0 Å². The van der Waals surface area contributed by atoms with Crippen molar-refractivity contribution in [3.05, 3.63) is 24.3 Å². The van der Waals surface area contributed by atoms with Crippen LogP contribution in [0, 0.1) is 0 Å². The summed E-state index contributed by atoms with van der Waals surface area (Å²) in [5.74, 6) is 0.174. The lowest BCUT2D eigenvalue weighted by Gasteiger charge is -2.32. The number of hydrogen-bond acceptors (Lipinski definition) is 4. The van der Waals surface area contributed by atoms with E-state index in [2.05, 4.69) is 23.3 Å². The molecule has 1 aliphatic heterocycles. The Hall–Kier alpha value is -1.75. The zero-order valence-electron chi connectivity index (χ0n) is 12.6. The first-order chi connectivity index (χ1) is 9.56. The zero-order chi connectivity index (χ0) is 14.5. The third kappa shape index (κ3) is 3.87. The standard InChI is InChI=1S/C15H24N4O/c1-17(2)14-6-4-5-13(11-14)16-12-15(20)19-9-7-18(3)8-10-19/h4-6,11,16H,7-10,12H2,1-3H3. The normalized spacial score (nSPS) is 16.1. The smallest absolute Gasteiger partial charge is 0.241 e. The van der Waals surface area contributed by atoms with E-state index in [4.69, 9.17) is 0 Å². The molecule has 1 fully saturated rings. The van der Waals surface area contributed by atoms with E-state index in [1.807, 2.05) is 42.1 Å². The first kappa shape index (κ1) is 14.7. The Kier molecular flexibility index (Phi) is 4.84. The van der Waals surface area contributed by atoms with Gasteiger partial charge in [0.2, 0.25) is 5.91 Å². The van der Waals surface area contributed by atoms with Gasteiger partial charge in [-0.2, -0.15) is 0 Å². The molecule has 0 spiro atoms. The molecule has 1 aliphatic rings. The minimum Gasteiger partial charge on any atom is -0.378 e. The van der Waals surface area contributed by atoms with Crippen LogP contribution in [-0.2, 0) is 4.79 Å². The van der Waals surface area contributed by atoms with Gasteiger partial charge in [-0.25, -0.2) is 0 Å². The molecule has 1 aromatic carbocycles. The van der Waals surface area contributed by atoms with Gasteiger partial charge in [-0.1, -0.05) is 6.07 Å². The average Bonchev–Trinajstić information content (AvgIpc) is 2.46. The fraction of sp³-hybridized carbons (Fsp3) is 0.533. The molecule has 1 aromatic rings. The van der Waals surface area contributed by atoms with Crippen molar-refractivity contribution >= 4 is 17.3 Å². The lowest BCUT2D eigenvalue weighted by molar-refractivity contribution is -0.130. The van der Waals surface area contributed by atoms with Gasteiger partial charge in [-0.15, -0.1) is 0 Å². The maximum Gasteiger partial charge on any atom is 0.241 e. The predicted molar refractivity (Wildman–Crippen MR) is 83.3 cm³/mol. The molecule has 5 heteroatoms. The van der Waals surface area contributed by atoms with E-state index < -0.39 is 0 Å². The Bertz CT molecular complexity index is 453. The second-order valence-electron chi connectivity index (χ2n) is 5.48. The molecule has 1 amide bonds. The molecule has 0 aromatic heterocycles. The van der Waals surface area contributed by atoms with Crippen molar-refractivity contribution in [3.8, 4) is 0 Å². The van der Waals surface area contributed by atoms with Crippen molar-refractivity contribution in [2.24, 2.45) is 0 Å². The highest BCUT2D eigenvalue weighted by Gasteiger charge is 2.18. The number of carbonyl (C=O) groups excluding carboxylic acids is 1. The van der Waals surface area contributed by atoms with Gasteiger partial charge in [0, 0.05) is 51.6 Å². The number of piperazine rings is 1. The maximum absolute atomic E-state index is 12.1. The molecule has 0 radical (unpaired) electrons. The molecule has 1 saturated heterocycles. The second-order valence-corrected chi connectivity index (χ2v) is 5.48. The van der Waals surface area contributed by atoms with Crippen LogP contribution in [0.2, 0.25) is 0 Å². The van der Waals surface area contributed by atoms with Crippen LogP contribution >= 0.6 is 0 Å². The zero-order valence-corrected chi connectivity index (χ0v) is 12.6. The summed E-state index contributed by atoms with van der Waals surface area (Å²) >= 11 is 0. The molecular weight excluding hydrogens is 252 g/mol. The van der Waals surface area contributed by atoms with Crippen LogP contribution in [0.15, 0.2) is 24.3 Å². The Balaban J connectivity index is 1.85. The Morgan fingerprint density at radius 2 is 1.95 bits per heavy atom. The van der Waals surface area contributed by atoms with Gasteiger partial charge in [0.15, 0.2) is 0 Å². The molecule has 0 bridgehead atoms. The van der Waals surface area contributed by atoms with Crippen LogP contribution in [0.3, 0.4) is 0 Å². The van der Waals surface area contributed by atoms with E-state index in [9.17, 15) is 4.79 Å². The topological polar surface area (TPSA) is 38.8 Å². The van der Waals surface area contributed by atoms with E-state index in [0.717, 1.165) is 37.6 Å². The van der Waals surface area contributed by atoms with Crippen molar-refractivity contribution in [2.45, 2.75) is 0 Å². The summed E-state index contributed by atoms with van der Waals surface area (Å²) in [6.07, 6.45) is 0. The second kappa shape index (κ2) is 6.61. The fourth-order valence-electron chi connectivity index (χ4n) is 2.24. The molecule has 0 aliphatic carbocycles. The summed E-state index contributed by atoms with van der Waals surface area (Å²) in [5, 5.41) is 3.22. The largest absolute Gasteiger partial charge is 0.378 e. The Morgan fingerprint density at radius 1 is 1.25 bits per heavy atom. The Morgan fingerprint density at radius 3 is 2.60 bits per heavy atom. The van der Waals surface area contributed by atoms with E-state index in [1.54, 1.807) is 0 Å². The summed E-state index contributed by atoms with van der Waals surface area (Å²) < 4.78 is 0. The number of rotatable bonds is 4. The number of nitrogens with zero attached hydrogens (tertiary/aromatic N) is 3. The maximum atomic E-state index is 12.1. The molecule has 5 nitrogen and oxygen atoms in total. The van der Waals surface area contributed by atoms with Gasteiger partial charge in [-0.3, -0.25) is 4.79 Å². The monoisotopic (exact) mass is 276 g/mol. The molecule has 110 valence electrons. The minimum atomic E-state index is 0.174. The van der Waals surface area contributed by atoms with Crippen LogP contribution in [0.5, 0.6) is 0 Å². The summed E-state index contributed by atoms with van der Waals surface area (Å²) in [5.41, 5.74) is 2.11. The fourth-order valence-corrected chi connectivity index (χ4v) is 2.24. The molecular formula is C15H24N4O. The van der Waals surface area contributed by atoms with E-state index in [-0.39, 0.29) is 5.91 Å². The molecule has 0 saturated carbocycles. The number of anilines is 2. The highest BCUT2D eigenvalue weighted by atomic mass is 16.2. The number of likely N-dealkylation sites (N-methyl/N-ethyl adjacent to an activating group) is 1. The van der Waals surface area contributed by atoms with Crippen LogP contribution in [0.4, 0.5) is 11.4 Å². The predicted octanol–water partition coefficient (Wildman–Crippen LogP) is 0.938. The number of amides is 1. The van der Waals surface area contributed by atoms with Crippen LogP contribution in [0.25, 0.3) is 0 Å². The summed E-state index contributed by atoms with van der Waals surface area (Å²) in [7, 11) is 6.11. The van der Waals surface area contributed by atoms with Gasteiger partial charge in [0.05, 0.1) is 6.54 Å². The Labute approximate surface area is 121 Å². The first-order valence-corrected chi connectivity index (χ1v) is 7.04. The van der Waals surface area contributed by atoms with Gasteiger partial charge in [0.1, 0.15) is 0 Å². The third-order valence-electron chi connectivity index (χ3n) is 3.66. The van der Waals surface area contributed by atoms with E-state index in [1.165, 1.54) is 0 Å². The molecule has 1 heterocycles. The van der Waals surface area contributed by atoms with Crippen LogP contribution in [-0.4, -0.2) is 69.6 Å². The summed E-state index contributed by atoms with van der Waals surface area (Å²) in [6, 6.07) is 8.09. The van der Waals surface area contributed by atoms with Gasteiger partial charge >= 0.3 is 0 Å². The van der Waals surface area contributed by atoms with Gasteiger partial charge < -0.3 is 20.0 Å². The molecule has 20 heavy (non-hydrogen) atoms. The molecule has 0 unspecified atom stereocenters. The van der Waals surface area contributed by atoms with Gasteiger partial charge in [0.25, 0.3) is 0 Å². The lowest BCUT2D eigenvalue weighted by atomic mass is 10.2. The number of nitrogens with one attached hydrogen (secondary N) is 1. The van der Waals surface area contributed by atoms with E-state index in [0.29, 0.717) is 6.54 Å². The van der Waals surface area contributed by atoms with E-state index >= 15 is 0 Å². The van der Waals surface area contributed by atoms with Crippen LogP contribution < -0.4 is 10.2 Å². The quantitative estimate of drug-likeness (QED) is 0.888. The van der Waals surface area contributed by atoms with Crippen molar-refractivity contribution in [1.82, 2.24) is 9.80 Å². The minimum absolute atomic E-state index is 0.174. The van der Waals surface area contributed by atoms with Crippen molar-refractivity contribution < 1.29 is 4.79 Å². The number of hydrogen-bond donors (Lipinski definition) is 1. The van der Waals surface area contributed by atoms with Crippen LogP contribution in [0.1, 0.15) is 0 Å². The molecule has 2 rings (SSSR count). The van der Waals surface area contributed by atoms with Gasteiger partial charge in [-0.05, 0) is 25.2 Å². The molecule has 1 N–H and O–H groups in total. The van der Waals surface area contributed by atoms with Crippen molar-refractivity contribution in [2.75, 3.05) is 64.1 Å². The van der Waals surface area contributed by atoms with Crippen molar-refractivity contribution in [3.63, 3.8) is 0 Å². The third-order valence-corrected chi connectivity index (χ3v) is 3.66. The molecule has 0 atom stereocenters. The lowest BCUT2D eigenvalue weighted by Crippen LogP contribution is -2.48. The summed E-state index contributed by atoms with van der Waals surface area (Å²) in [4.78, 5) is 18.4. The highest BCUT2D eigenvalue weighted by molar-refractivity contribution is 5.81. The highest BCUT2D eigenvalue weighted by Crippen LogP contribution is 2.17. The number of carbonyl (C=O) groups is 1. The summed E-state index contributed by atoms with van der Waals surface area (Å²) in [6.45, 7) is 3.94. The number of benzene rings is 1. The SMILES string of the molecule is CN1CCN(C(=O)CNc2cccc(N(C)C)c2)CC1. The average molecular weight is 276 g/mol. The first-order valence-electron chi connectivity index (χ1n) is 7.04.